The van der Waals surface area contributed by atoms with Crippen LogP contribution in [0.4, 0.5) is 11.4 Å². The van der Waals surface area contributed by atoms with Crippen molar-refractivity contribution in [2.45, 2.75) is 13.8 Å². The van der Waals surface area contributed by atoms with E-state index in [9.17, 15) is 9.59 Å². The number of likely N-dealkylation sites (N-methyl/N-ethyl adjacent to an activating group) is 1. The highest BCUT2D eigenvalue weighted by Crippen LogP contribution is 2.28. The molecule has 0 aromatic heterocycles. The minimum Gasteiger partial charge on any atom is -0.466 e. The molecule has 0 saturated carbocycles. The average molecular weight is 320 g/mol. The summed E-state index contributed by atoms with van der Waals surface area (Å²) in [5.74, 6) is 5.69. The van der Waals surface area contributed by atoms with Crippen molar-refractivity contribution in [3.8, 4) is 0 Å². The highest BCUT2D eigenvalue weighted by Gasteiger charge is 2.10. The van der Waals surface area contributed by atoms with Gasteiger partial charge in [-0.2, -0.15) is 0 Å². The standard InChI is InChI=1S/C16H24N4O3/c1-4-20(18)14-7-5-13(12(2)16(14)17)6-8-15(22)19(3)9-10-23-11-21/h5-8,11H,4,9-10,17-18H2,1-3H3/b8-6+. The topological polar surface area (TPSA) is 102 Å². The summed E-state index contributed by atoms with van der Waals surface area (Å²) < 4.78 is 4.57. The Bertz CT molecular complexity index is 587. The largest absolute Gasteiger partial charge is 0.466 e. The molecule has 0 heterocycles. The van der Waals surface area contributed by atoms with Crippen molar-refractivity contribution in [2.24, 2.45) is 5.84 Å². The number of nitrogens with two attached hydrogens (primary N) is 2. The molecule has 126 valence electrons. The zero-order chi connectivity index (χ0) is 17.4. The third-order valence-electron chi connectivity index (χ3n) is 3.58. The van der Waals surface area contributed by atoms with E-state index in [-0.39, 0.29) is 12.5 Å². The molecule has 0 fully saturated rings. The Hall–Kier alpha value is -2.54. The quantitative estimate of drug-likeness (QED) is 0.184. The molecule has 0 radical (unpaired) electrons. The highest BCUT2D eigenvalue weighted by atomic mass is 16.5. The molecule has 0 saturated heterocycles. The van der Waals surface area contributed by atoms with E-state index >= 15 is 0 Å². The SMILES string of the molecule is CCN(N)c1ccc(/C=C/C(=O)N(C)CCOC=O)c(C)c1N. The van der Waals surface area contributed by atoms with Gasteiger partial charge < -0.3 is 20.4 Å². The number of benzene rings is 1. The van der Waals surface area contributed by atoms with E-state index in [0.717, 1.165) is 16.8 Å². The second-order valence-electron chi connectivity index (χ2n) is 5.06. The van der Waals surface area contributed by atoms with Gasteiger partial charge in [0.05, 0.1) is 17.9 Å². The monoisotopic (exact) mass is 320 g/mol. The first-order valence-electron chi connectivity index (χ1n) is 7.32. The molecule has 0 unspecified atom stereocenters. The summed E-state index contributed by atoms with van der Waals surface area (Å²) in [5, 5.41) is 1.57. The number of nitrogens with zero attached hydrogens (tertiary/aromatic N) is 2. The summed E-state index contributed by atoms with van der Waals surface area (Å²) in [4.78, 5) is 23.5. The van der Waals surface area contributed by atoms with Crippen molar-refractivity contribution in [3.05, 3.63) is 29.3 Å². The third kappa shape index (κ3) is 5.00. The van der Waals surface area contributed by atoms with Crippen molar-refractivity contribution in [1.29, 1.82) is 0 Å². The summed E-state index contributed by atoms with van der Waals surface area (Å²) in [6.45, 7) is 5.33. The Kier molecular flexibility index (Phi) is 7.08. The van der Waals surface area contributed by atoms with Gasteiger partial charge in [0.15, 0.2) is 0 Å². The van der Waals surface area contributed by atoms with E-state index in [2.05, 4.69) is 4.74 Å². The minimum atomic E-state index is -0.185. The van der Waals surface area contributed by atoms with Crippen LogP contribution >= 0.6 is 0 Å². The van der Waals surface area contributed by atoms with Crippen LogP contribution < -0.4 is 16.6 Å². The van der Waals surface area contributed by atoms with Crippen molar-refractivity contribution in [2.75, 3.05) is 37.5 Å². The maximum atomic E-state index is 12.0. The molecule has 4 N–H and O–H groups in total. The number of hydrogen-bond acceptors (Lipinski definition) is 6. The van der Waals surface area contributed by atoms with Gasteiger partial charge in [-0.15, -0.1) is 0 Å². The maximum Gasteiger partial charge on any atom is 0.293 e. The zero-order valence-electron chi connectivity index (χ0n) is 13.8. The normalized spacial score (nSPS) is 10.6. The van der Waals surface area contributed by atoms with Gasteiger partial charge in [-0.3, -0.25) is 9.59 Å². The van der Waals surface area contributed by atoms with Gasteiger partial charge >= 0.3 is 0 Å². The number of hydrogen-bond donors (Lipinski definition) is 2. The predicted molar refractivity (Wildman–Crippen MR) is 91.5 cm³/mol. The first-order valence-corrected chi connectivity index (χ1v) is 7.32. The molecule has 7 heteroatoms. The van der Waals surface area contributed by atoms with Gasteiger partial charge in [0, 0.05) is 19.7 Å². The van der Waals surface area contributed by atoms with Crippen LogP contribution in [0, 0.1) is 6.92 Å². The molecular weight excluding hydrogens is 296 g/mol. The molecule has 1 aromatic carbocycles. The number of ether oxygens (including phenoxy) is 1. The number of anilines is 2. The number of carbonyl (C=O) groups is 2. The van der Waals surface area contributed by atoms with E-state index < -0.39 is 0 Å². The Morgan fingerprint density at radius 2 is 2.09 bits per heavy atom. The fourth-order valence-corrected chi connectivity index (χ4v) is 1.97. The zero-order valence-corrected chi connectivity index (χ0v) is 13.8. The van der Waals surface area contributed by atoms with E-state index in [0.29, 0.717) is 25.2 Å². The fourth-order valence-electron chi connectivity index (χ4n) is 1.97. The van der Waals surface area contributed by atoms with Crippen LogP contribution in [0.25, 0.3) is 6.08 Å². The van der Waals surface area contributed by atoms with Gasteiger partial charge in [0.1, 0.15) is 6.61 Å². The molecule has 7 nitrogen and oxygen atoms in total. The van der Waals surface area contributed by atoms with Gasteiger partial charge in [-0.25, -0.2) is 5.84 Å². The van der Waals surface area contributed by atoms with Crippen LogP contribution in [0.5, 0.6) is 0 Å². The van der Waals surface area contributed by atoms with Crippen molar-refractivity contribution in [3.63, 3.8) is 0 Å². The van der Waals surface area contributed by atoms with Crippen molar-refractivity contribution < 1.29 is 14.3 Å². The highest BCUT2D eigenvalue weighted by molar-refractivity contribution is 5.92. The van der Waals surface area contributed by atoms with E-state index in [1.807, 2.05) is 26.0 Å². The Morgan fingerprint density at radius 1 is 1.39 bits per heavy atom. The van der Waals surface area contributed by atoms with Crippen LogP contribution in [0.2, 0.25) is 0 Å². The van der Waals surface area contributed by atoms with Gasteiger partial charge in [-0.1, -0.05) is 6.07 Å². The molecule has 1 rings (SSSR count). The second kappa shape index (κ2) is 8.79. The lowest BCUT2D eigenvalue weighted by Crippen LogP contribution is -2.31. The Balaban J connectivity index is 2.82. The smallest absolute Gasteiger partial charge is 0.293 e. The molecular formula is C16H24N4O3. The van der Waals surface area contributed by atoms with Crippen LogP contribution in [0.1, 0.15) is 18.1 Å². The van der Waals surface area contributed by atoms with E-state index in [1.54, 1.807) is 18.1 Å². The van der Waals surface area contributed by atoms with Crippen LogP contribution in [0.3, 0.4) is 0 Å². The summed E-state index contributed by atoms with van der Waals surface area (Å²) in [5.41, 5.74) is 9.17. The van der Waals surface area contributed by atoms with Crippen LogP contribution in [-0.4, -0.2) is 44.0 Å². The Labute approximate surface area is 136 Å². The molecule has 0 aliphatic carbocycles. The molecule has 23 heavy (non-hydrogen) atoms. The lowest BCUT2D eigenvalue weighted by atomic mass is 10.0. The van der Waals surface area contributed by atoms with Gasteiger partial charge in [0.2, 0.25) is 5.91 Å². The molecule has 0 aliphatic rings. The lowest BCUT2D eigenvalue weighted by molar-refractivity contribution is -0.132. The predicted octanol–water partition coefficient (Wildman–Crippen LogP) is 0.922. The number of hydrazine groups is 1. The average Bonchev–Trinajstić information content (AvgIpc) is 2.55. The van der Waals surface area contributed by atoms with Crippen LogP contribution in [0.15, 0.2) is 18.2 Å². The fraction of sp³-hybridized carbons (Fsp3) is 0.375. The number of rotatable bonds is 8. The molecule has 0 bridgehead atoms. The number of amides is 1. The van der Waals surface area contributed by atoms with Gasteiger partial charge in [-0.05, 0) is 37.1 Å². The summed E-state index contributed by atoms with van der Waals surface area (Å²) in [6.07, 6.45) is 3.17. The van der Waals surface area contributed by atoms with E-state index in [1.165, 1.54) is 11.0 Å². The first kappa shape index (κ1) is 18.5. The molecule has 0 spiro atoms. The summed E-state index contributed by atoms with van der Waals surface area (Å²) in [7, 11) is 1.64. The van der Waals surface area contributed by atoms with Crippen molar-refractivity contribution in [1.82, 2.24) is 4.90 Å². The first-order chi connectivity index (χ1) is 10.9. The Morgan fingerprint density at radius 3 is 2.70 bits per heavy atom. The summed E-state index contributed by atoms with van der Waals surface area (Å²) >= 11 is 0. The lowest BCUT2D eigenvalue weighted by Gasteiger charge is -2.20. The summed E-state index contributed by atoms with van der Waals surface area (Å²) in [6, 6.07) is 3.70. The van der Waals surface area contributed by atoms with Crippen molar-refractivity contribution >= 4 is 29.8 Å². The van der Waals surface area contributed by atoms with Gasteiger partial charge in [0.25, 0.3) is 6.47 Å². The van der Waals surface area contributed by atoms with Crippen LogP contribution in [-0.2, 0) is 14.3 Å². The third-order valence-corrected chi connectivity index (χ3v) is 3.58. The molecule has 0 atom stereocenters. The number of nitrogen functional groups attached to an aromatic ring is 1. The molecule has 1 amide bonds. The molecule has 1 aromatic rings. The van der Waals surface area contributed by atoms with E-state index in [4.69, 9.17) is 11.6 Å². The molecule has 0 aliphatic heterocycles. The number of carbonyl (C=O) groups excluding carboxylic acids is 2. The second-order valence-corrected chi connectivity index (χ2v) is 5.06. The minimum absolute atomic E-state index is 0.170. The maximum absolute atomic E-state index is 12.0.